The minimum absolute atomic E-state index is 0.191. The van der Waals surface area contributed by atoms with Gasteiger partial charge in [0.15, 0.2) is 15.6 Å². The maximum atomic E-state index is 13.3. The molecule has 0 atom stereocenters. The SMILES string of the molecule is COc1cnc(Cl)cc1-c1cc(C)ncc1C(=O)Nc1nc2ncc(SC3CCC(O)CC3)nc2s1. The number of halogens is 1. The molecule has 0 saturated heterocycles. The second kappa shape index (κ2) is 10.6. The van der Waals surface area contributed by atoms with Crippen molar-refractivity contribution in [3.8, 4) is 16.9 Å². The molecule has 0 spiro atoms. The van der Waals surface area contributed by atoms with E-state index in [0.29, 0.717) is 43.3 Å². The third kappa shape index (κ3) is 5.44. The molecule has 9 nitrogen and oxygen atoms in total. The van der Waals surface area contributed by atoms with E-state index in [1.165, 1.54) is 30.8 Å². The topological polar surface area (TPSA) is 123 Å². The Bertz CT molecular complexity index is 1420. The third-order valence-electron chi connectivity index (χ3n) is 5.88. The molecule has 0 radical (unpaired) electrons. The van der Waals surface area contributed by atoms with Gasteiger partial charge in [-0.3, -0.25) is 15.1 Å². The second-order valence-corrected chi connectivity index (χ2v) is 11.1. The van der Waals surface area contributed by atoms with E-state index in [0.717, 1.165) is 36.4 Å². The quantitative estimate of drug-likeness (QED) is 0.318. The van der Waals surface area contributed by atoms with Crippen molar-refractivity contribution in [2.45, 2.75) is 49.0 Å². The fraction of sp³-hybridized carbons (Fsp3) is 0.333. The lowest BCUT2D eigenvalue weighted by molar-refractivity contribution is 0.102. The summed E-state index contributed by atoms with van der Waals surface area (Å²) < 4.78 is 5.44. The van der Waals surface area contributed by atoms with Crippen molar-refractivity contribution in [1.29, 1.82) is 0 Å². The number of aromatic nitrogens is 5. The summed E-state index contributed by atoms with van der Waals surface area (Å²) in [5.74, 6) is 0.117. The van der Waals surface area contributed by atoms with E-state index in [9.17, 15) is 9.90 Å². The molecule has 1 fully saturated rings. The number of anilines is 1. The van der Waals surface area contributed by atoms with E-state index in [-0.39, 0.29) is 17.2 Å². The summed E-state index contributed by atoms with van der Waals surface area (Å²) in [7, 11) is 1.54. The third-order valence-corrected chi connectivity index (χ3v) is 8.19. The molecule has 1 saturated carbocycles. The average molecular weight is 543 g/mol. The Morgan fingerprint density at radius 2 is 1.92 bits per heavy atom. The number of carbonyl (C=O) groups is 1. The number of aryl methyl sites for hydroxylation is 1. The highest BCUT2D eigenvalue weighted by molar-refractivity contribution is 7.99. The summed E-state index contributed by atoms with van der Waals surface area (Å²) in [4.78, 5) is 35.9. The number of aliphatic hydroxyl groups is 1. The normalized spacial score (nSPS) is 17.8. The van der Waals surface area contributed by atoms with E-state index in [4.69, 9.17) is 21.3 Å². The number of carbonyl (C=O) groups excluding carboxylic acids is 1. The molecule has 1 aliphatic carbocycles. The highest BCUT2D eigenvalue weighted by atomic mass is 35.5. The highest BCUT2D eigenvalue weighted by Crippen LogP contribution is 2.36. The number of rotatable bonds is 6. The molecule has 186 valence electrons. The van der Waals surface area contributed by atoms with Crippen LogP contribution in [0.4, 0.5) is 5.13 Å². The Morgan fingerprint density at radius 3 is 2.69 bits per heavy atom. The van der Waals surface area contributed by atoms with Crippen molar-refractivity contribution in [2.75, 3.05) is 12.4 Å². The lowest BCUT2D eigenvalue weighted by Crippen LogP contribution is -2.19. The van der Waals surface area contributed by atoms with Crippen LogP contribution in [0.25, 0.3) is 21.6 Å². The first kappa shape index (κ1) is 24.8. The molecule has 36 heavy (non-hydrogen) atoms. The number of nitrogens with one attached hydrogen (secondary N) is 1. The molecule has 4 aromatic rings. The first-order chi connectivity index (χ1) is 17.4. The van der Waals surface area contributed by atoms with Crippen LogP contribution in [-0.2, 0) is 0 Å². The van der Waals surface area contributed by atoms with Crippen LogP contribution in [0.5, 0.6) is 5.75 Å². The number of pyridine rings is 2. The average Bonchev–Trinajstić information content (AvgIpc) is 3.26. The van der Waals surface area contributed by atoms with Gasteiger partial charge in [-0.1, -0.05) is 22.9 Å². The summed E-state index contributed by atoms with van der Waals surface area (Å²) in [6.07, 6.45) is 8.11. The van der Waals surface area contributed by atoms with Gasteiger partial charge >= 0.3 is 0 Å². The Balaban J connectivity index is 1.39. The second-order valence-electron chi connectivity index (χ2n) is 8.44. The predicted octanol–water partition coefficient (Wildman–Crippen LogP) is 5.16. The molecule has 2 N–H and O–H groups in total. The van der Waals surface area contributed by atoms with E-state index in [2.05, 4.69) is 25.3 Å². The monoisotopic (exact) mass is 542 g/mol. The van der Waals surface area contributed by atoms with Crippen LogP contribution in [0.15, 0.2) is 35.7 Å². The minimum Gasteiger partial charge on any atom is -0.494 e. The maximum Gasteiger partial charge on any atom is 0.259 e. The molecular formula is C24H23ClN6O3S2. The standard InChI is InChI=1S/C24H23ClN6O3S2/c1-12-7-15(16-8-19(25)27-10-18(16)34-2)17(9-26-12)22(33)31-24-30-21-23(36-24)29-20(11-28-21)35-14-5-3-13(32)4-6-14/h7-11,13-14,32H,3-6H2,1-2H3,(H,28,30,31,33). The van der Waals surface area contributed by atoms with Crippen molar-refractivity contribution >= 4 is 56.2 Å². The minimum atomic E-state index is -0.373. The Kier molecular flexibility index (Phi) is 7.33. The zero-order valence-electron chi connectivity index (χ0n) is 19.6. The van der Waals surface area contributed by atoms with Crippen LogP contribution in [-0.4, -0.2) is 54.4 Å². The van der Waals surface area contributed by atoms with E-state index < -0.39 is 0 Å². The fourth-order valence-corrected chi connectivity index (χ4v) is 6.18. The van der Waals surface area contributed by atoms with Crippen molar-refractivity contribution in [2.24, 2.45) is 0 Å². The van der Waals surface area contributed by atoms with Gasteiger partial charge in [-0.05, 0) is 44.7 Å². The molecule has 0 aliphatic heterocycles. The van der Waals surface area contributed by atoms with Crippen LogP contribution >= 0.6 is 34.7 Å². The molecule has 1 amide bonds. The summed E-state index contributed by atoms with van der Waals surface area (Å²) >= 11 is 9.08. The smallest absolute Gasteiger partial charge is 0.259 e. The predicted molar refractivity (Wildman–Crippen MR) is 141 cm³/mol. The van der Waals surface area contributed by atoms with E-state index in [1.807, 2.05) is 6.92 Å². The molecule has 0 unspecified atom stereocenters. The number of thiazole rings is 1. The van der Waals surface area contributed by atoms with E-state index in [1.54, 1.807) is 30.1 Å². The van der Waals surface area contributed by atoms with Gasteiger partial charge < -0.3 is 9.84 Å². The number of ether oxygens (including phenoxy) is 1. The zero-order valence-corrected chi connectivity index (χ0v) is 22.0. The van der Waals surface area contributed by atoms with Gasteiger partial charge in [0, 0.05) is 28.3 Å². The number of fused-ring (bicyclic) bond motifs is 1. The molecule has 5 rings (SSSR count). The Labute approximate surface area is 220 Å². The molecule has 1 aliphatic rings. The van der Waals surface area contributed by atoms with Crippen LogP contribution in [0.3, 0.4) is 0 Å². The van der Waals surface area contributed by atoms with Crippen molar-refractivity contribution in [1.82, 2.24) is 24.9 Å². The maximum absolute atomic E-state index is 13.3. The molecule has 0 aromatic carbocycles. The molecule has 4 aromatic heterocycles. The molecule has 12 heteroatoms. The summed E-state index contributed by atoms with van der Waals surface area (Å²) in [6, 6.07) is 3.46. The number of amides is 1. The van der Waals surface area contributed by atoms with Crippen LogP contribution in [0, 0.1) is 6.92 Å². The number of thioether (sulfide) groups is 1. The first-order valence-electron chi connectivity index (χ1n) is 11.4. The number of hydrogen-bond acceptors (Lipinski definition) is 10. The lowest BCUT2D eigenvalue weighted by atomic mass is 9.97. The van der Waals surface area contributed by atoms with E-state index >= 15 is 0 Å². The van der Waals surface area contributed by atoms with Gasteiger partial charge in [0.1, 0.15) is 15.9 Å². The number of hydrogen-bond donors (Lipinski definition) is 2. The summed E-state index contributed by atoms with van der Waals surface area (Å²) in [5, 5.41) is 14.5. The van der Waals surface area contributed by atoms with Crippen molar-refractivity contribution in [3.05, 3.63) is 47.1 Å². The molecule has 4 heterocycles. The molecule has 0 bridgehead atoms. The number of aliphatic hydroxyl groups excluding tert-OH is 1. The summed E-state index contributed by atoms with van der Waals surface area (Å²) in [5.41, 5.74) is 2.82. The Hall–Kier alpha value is -2.86. The first-order valence-corrected chi connectivity index (χ1v) is 13.4. The van der Waals surface area contributed by atoms with Gasteiger partial charge in [-0.15, -0.1) is 11.8 Å². The van der Waals surface area contributed by atoms with Crippen LogP contribution in [0.2, 0.25) is 5.15 Å². The fourth-order valence-electron chi connectivity index (χ4n) is 4.07. The number of methoxy groups -OCH3 is 1. The van der Waals surface area contributed by atoms with Gasteiger partial charge in [-0.2, -0.15) is 4.98 Å². The molecular weight excluding hydrogens is 520 g/mol. The lowest BCUT2D eigenvalue weighted by Gasteiger charge is -2.24. The van der Waals surface area contributed by atoms with Crippen molar-refractivity contribution < 1.29 is 14.6 Å². The van der Waals surface area contributed by atoms with Crippen LogP contribution < -0.4 is 10.1 Å². The number of nitrogens with zero attached hydrogens (tertiary/aromatic N) is 5. The van der Waals surface area contributed by atoms with Gasteiger partial charge in [0.25, 0.3) is 5.91 Å². The summed E-state index contributed by atoms with van der Waals surface area (Å²) in [6.45, 7) is 1.84. The van der Waals surface area contributed by atoms with Gasteiger partial charge in [0.2, 0.25) is 0 Å². The van der Waals surface area contributed by atoms with Gasteiger partial charge in [0.05, 0.1) is 31.2 Å². The zero-order chi connectivity index (χ0) is 25.2. The Morgan fingerprint density at radius 1 is 1.11 bits per heavy atom. The van der Waals surface area contributed by atoms with Gasteiger partial charge in [-0.25, -0.2) is 15.0 Å². The van der Waals surface area contributed by atoms with Crippen molar-refractivity contribution in [3.63, 3.8) is 0 Å². The largest absolute Gasteiger partial charge is 0.494 e. The van der Waals surface area contributed by atoms with Crippen LogP contribution in [0.1, 0.15) is 41.7 Å². The highest BCUT2D eigenvalue weighted by Gasteiger charge is 2.22.